The average Bonchev–Trinajstić information content (AvgIpc) is 2.10. The monoisotopic (exact) mass is 257 g/mol. The summed E-state index contributed by atoms with van der Waals surface area (Å²) in [5.41, 5.74) is 0.714. The fraction of sp³-hybridized carbons (Fsp3) is 0.100. The SMILES string of the molecule is Cc1cc(Br)c2c(F)ccc(F)c2n1. The van der Waals surface area contributed by atoms with Crippen LogP contribution in [-0.4, -0.2) is 4.98 Å². The largest absolute Gasteiger partial charge is 0.250 e. The highest BCUT2D eigenvalue weighted by Gasteiger charge is 2.10. The van der Waals surface area contributed by atoms with E-state index in [1.165, 1.54) is 0 Å². The second-order valence-corrected chi connectivity index (χ2v) is 3.85. The molecule has 0 unspecified atom stereocenters. The van der Waals surface area contributed by atoms with Crippen LogP contribution in [0.3, 0.4) is 0 Å². The van der Waals surface area contributed by atoms with Gasteiger partial charge in [-0.25, -0.2) is 13.8 Å². The van der Waals surface area contributed by atoms with Crippen LogP contribution >= 0.6 is 15.9 Å². The second-order valence-electron chi connectivity index (χ2n) is 3.00. The van der Waals surface area contributed by atoms with Gasteiger partial charge in [0.05, 0.1) is 5.39 Å². The lowest BCUT2D eigenvalue weighted by atomic mass is 10.2. The molecule has 2 rings (SSSR count). The predicted molar refractivity (Wildman–Crippen MR) is 54.1 cm³/mol. The van der Waals surface area contributed by atoms with Crippen LogP contribution in [0.2, 0.25) is 0 Å². The van der Waals surface area contributed by atoms with Gasteiger partial charge in [-0.15, -0.1) is 0 Å². The predicted octanol–water partition coefficient (Wildman–Crippen LogP) is 3.58. The van der Waals surface area contributed by atoms with Gasteiger partial charge in [0.25, 0.3) is 0 Å². The van der Waals surface area contributed by atoms with Gasteiger partial charge in [0.15, 0.2) is 0 Å². The van der Waals surface area contributed by atoms with E-state index in [1.54, 1.807) is 13.0 Å². The number of aromatic nitrogens is 1. The zero-order valence-electron chi connectivity index (χ0n) is 7.31. The zero-order chi connectivity index (χ0) is 10.3. The lowest BCUT2D eigenvalue weighted by Gasteiger charge is -2.04. The summed E-state index contributed by atoms with van der Waals surface area (Å²) in [4.78, 5) is 3.95. The van der Waals surface area contributed by atoms with E-state index in [-0.39, 0.29) is 10.9 Å². The number of fused-ring (bicyclic) bond motifs is 1. The first kappa shape index (κ1) is 9.52. The van der Waals surface area contributed by atoms with Crippen LogP contribution < -0.4 is 0 Å². The van der Waals surface area contributed by atoms with Gasteiger partial charge in [-0.2, -0.15) is 0 Å². The summed E-state index contributed by atoms with van der Waals surface area (Å²) < 4.78 is 27.1. The molecule has 0 spiro atoms. The van der Waals surface area contributed by atoms with Crippen molar-refractivity contribution in [2.24, 2.45) is 0 Å². The molecule has 0 radical (unpaired) electrons. The van der Waals surface area contributed by atoms with E-state index in [0.29, 0.717) is 10.2 Å². The zero-order valence-corrected chi connectivity index (χ0v) is 8.90. The van der Waals surface area contributed by atoms with Crippen molar-refractivity contribution >= 4 is 26.8 Å². The molecule has 0 aliphatic carbocycles. The number of rotatable bonds is 0. The lowest BCUT2D eigenvalue weighted by Crippen LogP contribution is -1.91. The fourth-order valence-electron chi connectivity index (χ4n) is 1.34. The third kappa shape index (κ3) is 1.39. The number of benzene rings is 1. The normalized spacial score (nSPS) is 10.9. The van der Waals surface area contributed by atoms with Crippen LogP contribution in [-0.2, 0) is 0 Å². The summed E-state index contributed by atoms with van der Waals surface area (Å²) in [5, 5.41) is 0.190. The average molecular weight is 258 g/mol. The molecular formula is C10H6BrF2N. The highest BCUT2D eigenvalue weighted by atomic mass is 79.9. The highest BCUT2D eigenvalue weighted by molar-refractivity contribution is 9.10. The molecule has 4 heteroatoms. The van der Waals surface area contributed by atoms with Crippen molar-refractivity contribution in [3.63, 3.8) is 0 Å². The smallest absolute Gasteiger partial charge is 0.149 e. The molecule has 0 N–H and O–H groups in total. The summed E-state index contributed by atoms with van der Waals surface area (Å²) in [6, 6.07) is 3.83. The van der Waals surface area contributed by atoms with E-state index in [1.807, 2.05) is 0 Å². The Hall–Kier alpha value is -1.03. The Morgan fingerprint density at radius 3 is 2.57 bits per heavy atom. The minimum Gasteiger partial charge on any atom is -0.250 e. The maximum atomic E-state index is 13.3. The maximum Gasteiger partial charge on any atom is 0.149 e. The Morgan fingerprint density at radius 2 is 1.86 bits per heavy atom. The van der Waals surface area contributed by atoms with E-state index in [9.17, 15) is 8.78 Å². The Labute approximate surface area is 87.9 Å². The standard InChI is InChI=1S/C10H6BrF2N/c1-5-4-6(11)9-7(12)2-3-8(13)10(9)14-5/h2-4H,1H3. The van der Waals surface area contributed by atoms with Gasteiger partial charge in [0, 0.05) is 10.2 Å². The van der Waals surface area contributed by atoms with Crippen molar-refractivity contribution in [3.05, 3.63) is 40.0 Å². The first-order valence-corrected chi connectivity index (χ1v) is 4.80. The lowest BCUT2D eigenvalue weighted by molar-refractivity contribution is 0.614. The van der Waals surface area contributed by atoms with Gasteiger partial charge in [-0.05, 0) is 41.1 Å². The van der Waals surface area contributed by atoms with Crippen LogP contribution in [0, 0.1) is 18.6 Å². The van der Waals surface area contributed by atoms with Crippen LogP contribution in [0.1, 0.15) is 5.69 Å². The van der Waals surface area contributed by atoms with E-state index < -0.39 is 11.6 Å². The van der Waals surface area contributed by atoms with Crippen LogP contribution in [0.25, 0.3) is 10.9 Å². The number of halogens is 3. The van der Waals surface area contributed by atoms with Crippen molar-refractivity contribution in [2.75, 3.05) is 0 Å². The number of nitrogens with zero attached hydrogens (tertiary/aromatic N) is 1. The van der Waals surface area contributed by atoms with Crippen LogP contribution in [0.15, 0.2) is 22.7 Å². The topological polar surface area (TPSA) is 12.9 Å². The van der Waals surface area contributed by atoms with Crippen molar-refractivity contribution in [3.8, 4) is 0 Å². The third-order valence-corrected chi connectivity index (χ3v) is 2.57. The quantitative estimate of drug-likeness (QED) is 0.703. The highest BCUT2D eigenvalue weighted by Crippen LogP contribution is 2.27. The summed E-state index contributed by atoms with van der Waals surface area (Å²) in [7, 11) is 0. The van der Waals surface area contributed by atoms with E-state index in [4.69, 9.17) is 0 Å². The maximum absolute atomic E-state index is 13.3. The van der Waals surface area contributed by atoms with Crippen molar-refractivity contribution < 1.29 is 8.78 Å². The Balaban J connectivity index is 3.00. The van der Waals surface area contributed by atoms with Gasteiger partial charge >= 0.3 is 0 Å². The Morgan fingerprint density at radius 1 is 1.21 bits per heavy atom. The van der Waals surface area contributed by atoms with Crippen LogP contribution in [0.5, 0.6) is 0 Å². The minimum absolute atomic E-state index is 0.0666. The second kappa shape index (κ2) is 3.28. The summed E-state index contributed by atoms with van der Waals surface area (Å²) in [6.45, 7) is 1.73. The summed E-state index contributed by atoms with van der Waals surface area (Å²) >= 11 is 3.19. The molecule has 1 aromatic heterocycles. The Bertz CT molecular complexity index is 511. The van der Waals surface area contributed by atoms with Crippen molar-refractivity contribution in [1.82, 2.24) is 4.98 Å². The van der Waals surface area contributed by atoms with Gasteiger partial charge in [-0.1, -0.05) is 0 Å². The number of hydrogen-bond acceptors (Lipinski definition) is 1. The van der Waals surface area contributed by atoms with E-state index >= 15 is 0 Å². The van der Waals surface area contributed by atoms with Crippen molar-refractivity contribution in [2.45, 2.75) is 6.92 Å². The molecule has 0 aliphatic heterocycles. The molecule has 2 aromatic rings. The molecule has 0 atom stereocenters. The molecule has 0 saturated carbocycles. The van der Waals surface area contributed by atoms with E-state index in [2.05, 4.69) is 20.9 Å². The number of aryl methyl sites for hydroxylation is 1. The number of pyridine rings is 1. The Kier molecular flexibility index (Phi) is 2.23. The molecule has 0 amide bonds. The molecule has 0 fully saturated rings. The molecule has 72 valence electrons. The molecule has 14 heavy (non-hydrogen) atoms. The summed E-state index contributed by atoms with van der Waals surface area (Å²) in [6.07, 6.45) is 0. The van der Waals surface area contributed by atoms with Crippen molar-refractivity contribution in [1.29, 1.82) is 0 Å². The van der Waals surface area contributed by atoms with Gasteiger partial charge in [0.1, 0.15) is 17.2 Å². The molecule has 1 nitrogen and oxygen atoms in total. The summed E-state index contributed by atoms with van der Waals surface area (Å²) in [5.74, 6) is -0.980. The molecule has 0 aliphatic rings. The molecule has 1 aromatic carbocycles. The number of hydrogen-bond donors (Lipinski definition) is 0. The molecule has 1 heterocycles. The van der Waals surface area contributed by atoms with E-state index in [0.717, 1.165) is 12.1 Å². The molecule has 0 saturated heterocycles. The first-order valence-electron chi connectivity index (χ1n) is 4.00. The van der Waals surface area contributed by atoms with Gasteiger partial charge in [-0.3, -0.25) is 0 Å². The van der Waals surface area contributed by atoms with Crippen LogP contribution in [0.4, 0.5) is 8.78 Å². The van der Waals surface area contributed by atoms with Gasteiger partial charge < -0.3 is 0 Å². The molecule has 0 bridgehead atoms. The fourth-order valence-corrected chi connectivity index (χ4v) is 2.05. The first-order chi connectivity index (χ1) is 6.59. The molecular weight excluding hydrogens is 252 g/mol. The third-order valence-electron chi connectivity index (χ3n) is 1.94. The van der Waals surface area contributed by atoms with Gasteiger partial charge in [0.2, 0.25) is 0 Å². The minimum atomic E-state index is -0.509.